The summed E-state index contributed by atoms with van der Waals surface area (Å²) in [6, 6.07) is 15.3. The summed E-state index contributed by atoms with van der Waals surface area (Å²) in [7, 11) is 0. The Kier molecular flexibility index (Phi) is 5.80. The number of carbonyl (C=O) groups excluding carboxylic acids is 1. The van der Waals surface area contributed by atoms with Crippen molar-refractivity contribution in [3.8, 4) is 5.75 Å². The zero-order valence-corrected chi connectivity index (χ0v) is 15.7. The quantitative estimate of drug-likeness (QED) is 0.696. The van der Waals surface area contributed by atoms with E-state index >= 15 is 0 Å². The van der Waals surface area contributed by atoms with Crippen molar-refractivity contribution >= 4 is 5.91 Å². The van der Waals surface area contributed by atoms with Crippen LogP contribution in [0.4, 0.5) is 0 Å². The molecule has 0 aliphatic heterocycles. The summed E-state index contributed by atoms with van der Waals surface area (Å²) in [5, 5.41) is 14.5. The van der Waals surface area contributed by atoms with E-state index in [1.54, 1.807) is 28.9 Å². The molecular formula is C20H23N5O2. The first-order chi connectivity index (χ1) is 13.0. The number of ether oxygens (including phenoxy) is 1. The van der Waals surface area contributed by atoms with Gasteiger partial charge in [-0.1, -0.05) is 29.8 Å². The first kappa shape index (κ1) is 18.6. The van der Waals surface area contributed by atoms with E-state index in [9.17, 15) is 4.79 Å². The summed E-state index contributed by atoms with van der Waals surface area (Å²) in [4.78, 5) is 12.3. The van der Waals surface area contributed by atoms with Crippen LogP contribution in [0.25, 0.3) is 0 Å². The van der Waals surface area contributed by atoms with Gasteiger partial charge in [-0.15, -0.1) is 5.10 Å². The van der Waals surface area contributed by atoms with E-state index in [4.69, 9.17) is 4.74 Å². The number of hydrogen-bond acceptors (Lipinski definition) is 5. The Morgan fingerprint density at radius 2 is 1.96 bits per heavy atom. The molecule has 7 heteroatoms. The van der Waals surface area contributed by atoms with Gasteiger partial charge in [0.05, 0.1) is 6.04 Å². The Bertz CT molecular complexity index is 903. The molecule has 3 aromatic rings. The molecule has 1 heterocycles. The zero-order chi connectivity index (χ0) is 19.2. The van der Waals surface area contributed by atoms with Crippen molar-refractivity contribution in [3.05, 3.63) is 71.0 Å². The largest absolute Gasteiger partial charge is 0.486 e. The molecule has 0 saturated heterocycles. The first-order valence-corrected chi connectivity index (χ1v) is 8.86. The van der Waals surface area contributed by atoms with Gasteiger partial charge < -0.3 is 10.1 Å². The Morgan fingerprint density at radius 1 is 1.19 bits per heavy atom. The van der Waals surface area contributed by atoms with Gasteiger partial charge in [0.2, 0.25) is 0 Å². The second kappa shape index (κ2) is 8.44. The van der Waals surface area contributed by atoms with Crippen molar-refractivity contribution in [2.75, 3.05) is 0 Å². The second-order valence-corrected chi connectivity index (χ2v) is 6.62. The van der Waals surface area contributed by atoms with Gasteiger partial charge in [-0.2, -0.15) is 0 Å². The molecule has 1 N–H and O–H groups in total. The minimum absolute atomic E-state index is 0.119. The summed E-state index contributed by atoms with van der Waals surface area (Å²) in [5.41, 5.74) is 2.83. The minimum atomic E-state index is -0.119. The van der Waals surface area contributed by atoms with Gasteiger partial charge in [0.25, 0.3) is 5.91 Å². The molecule has 0 unspecified atom stereocenters. The van der Waals surface area contributed by atoms with Crippen molar-refractivity contribution in [1.29, 1.82) is 0 Å². The van der Waals surface area contributed by atoms with E-state index in [-0.39, 0.29) is 18.6 Å². The Labute approximate surface area is 158 Å². The summed E-state index contributed by atoms with van der Waals surface area (Å²) >= 11 is 0. The lowest BCUT2D eigenvalue weighted by molar-refractivity contribution is 0.0951. The molecule has 0 atom stereocenters. The molecular weight excluding hydrogens is 342 g/mol. The number of amides is 1. The minimum Gasteiger partial charge on any atom is -0.486 e. The van der Waals surface area contributed by atoms with Crippen LogP contribution in [-0.2, 0) is 13.2 Å². The Morgan fingerprint density at radius 3 is 2.67 bits per heavy atom. The second-order valence-electron chi connectivity index (χ2n) is 6.62. The fourth-order valence-corrected chi connectivity index (χ4v) is 2.67. The van der Waals surface area contributed by atoms with Gasteiger partial charge in [0.15, 0.2) is 5.82 Å². The van der Waals surface area contributed by atoms with Gasteiger partial charge in [-0.05, 0) is 61.0 Å². The molecule has 0 aliphatic rings. The summed E-state index contributed by atoms with van der Waals surface area (Å²) in [5.74, 6) is 1.19. The Balaban J connectivity index is 1.55. The molecule has 1 aromatic heterocycles. The number of tetrazole rings is 1. The number of aromatic nitrogens is 4. The van der Waals surface area contributed by atoms with Gasteiger partial charge >= 0.3 is 0 Å². The summed E-state index contributed by atoms with van der Waals surface area (Å²) < 4.78 is 7.44. The third-order valence-corrected chi connectivity index (χ3v) is 4.07. The normalized spacial score (nSPS) is 10.8. The average Bonchev–Trinajstić information content (AvgIpc) is 3.14. The van der Waals surface area contributed by atoms with Crippen molar-refractivity contribution in [1.82, 2.24) is 25.5 Å². The molecule has 0 bridgehead atoms. The lowest BCUT2D eigenvalue weighted by atomic mass is 10.1. The highest BCUT2D eigenvalue weighted by molar-refractivity contribution is 5.94. The number of rotatable bonds is 7. The van der Waals surface area contributed by atoms with E-state index in [0.717, 1.165) is 5.56 Å². The van der Waals surface area contributed by atoms with E-state index in [1.165, 1.54) is 5.56 Å². The van der Waals surface area contributed by atoms with E-state index < -0.39 is 0 Å². The van der Waals surface area contributed by atoms with Crippen LogP contribution in [0.5, 0.6) is 5.75 Å². The van der Waals surface area contributed by atoms with E-state index in [0.29, 0.717) is 23.7 Å². The molecule has 3 rings (SSSR count). The smallest absolute Gasteiger partial charge is 0.251 e. The van der Waals surface area contributed by atoms with Gasteiger partial charge in [0, 0.05) is 12.1 Å². The number of aryl methyl sites for hydroxylation is 1. The van der Waals surface area contributed by atoms with Gasteiger partial charge in [-0.3, -0.25) is 4.79 Å². The van der Waals surface area contributed by atoms with Crippen molar-refractivity contribution in [3.63, 3.8) is 0 Å². The van der Waals surface area contributed by atoms with Crippen LogP contribution >= 0.6 is 0 Å². The standard InChI is InChI=1S/C20H23N5O2/c1-14(2)25-19(22-23-24-25)13-27-18-9-7-17(8-10-18)20(26)21-12-16-6-4-5-15(3)11-16/h4-11,14H,12-13H2,1-3H3,(H,21,26). The third-order valence-electron chi connectivity index (χ3n) is 4.07. The number of hydrogen-bond donors (Lipinski definition) is 1. The maximum Gasteiger partial charge on any atom is 0.251 e. The fourth-order valence-electron chi connectivity index (χ4n) is 2.67. The van der Waals surface area contributed by atoms with Crippen LogP contribution < -0.4 is 10.1 Å². The lowest BCUT2D eigenvalue weighted by Gasteiger charge is -2.10. The predicted octanol–water partition coefficient (Wildman–Crippen LogP) is 3.07. The molecule has 0 radical (unpaired) electrons. The molecule has 0 saturated carbocycles. The molecule has 0 spiro atoms. The van der Waals surface area contributed by atoms with Crippen molar-refractivity contribution in [2.24, 2.45) is 0 Å². The molecule has 7 nitrogen and oxygen atoms in total. The molecule has 0 fully saturated rings. The number of nitrogens with one attached hydrogen (secondary N) is 1. The zero-order valence-electron chi connectivity index (χ0n) is 15.7. The summed E-state index contributed by atoms with van der Waals surface area (Å²) in [6.07, 6.45) is 0. The topological polar surface area (TPSA) is 81.9 Å². The van der Waals surface area contributed by atoms with Crippen LogP contribution in [0.2, 0.25) is 0 Å². The average molecular weight is 365 g/mol. The molecule has 2 aromatic carbocycles. The van der Waals surface area contributed by atoms with Crippen LogP contribution in [-0.4, -0.2) is 26.1 Å². The molecule has 1 amide bonds. The maximum absolute atomic E-state index is 12.3. The van der Waals surface area contributed by atoms with Crippen LogP contribution in [0, 0.1) is 6.92 Å². The first-order valence-electron chi connectivity index (χ1n) is 8.86. The van der Waals surface area contributed by atoms with Crippen molar-refractivity contribution < 1.29 is 9.53 Å². The predicted molar refractivity (Wildman–Crippen MR) is 101 cm³/mol. The maximum atomic E-state index is 12.3. The Hall–Kier alpha value is -3.22. The number of carbonyl (C=O) groups is 1. The lowest BCUT2D eigenvalue weighted by Crippen LogP contribution is -2.22. The third kappa shape index (κ3) is 4.91. The summed E-state index contributed by atoms with van der Waals surface area (Å²) in [6.45, 7) is 6.80. The van der Waals surface area contributed by atoms with E-state index in [2.05, 4.69) is 26.9 Å². The van der Waals surface area contributed by atoms with Gasteiger partial charge in [-0.25, -0.2) is 4.68 Å². The molecule has 0 aliphatic carbocycles. The molecule has 27 heavy (non-hydrogen) atoms. The monoisotopic (exact) mass is 365 g/mol. The van der Waals surface area contributed by atoms with E-state index in [1.807, 2.05) is 39.0 Å². The fraction of sp³-hybridized carbons (Fsp3) is 0.300. The SMILES string of the molecule is Cc1cccc(CNC(=O)c2ccc(OCc3nnnn3C(C)C)cc2)c1. The van der Waals surface area contributed by atoms with Gasteiger partial charge in [0.1, 0.15) is 12.4 Å². The number of benzene rings is 2. The highest BCUT2D eigenvalue weighted by Gasteiger charge is 2.10. The number of nitrogens with zero attached hydrogens (tertiary/aromatic N) is 4. The molecule has 140 valence electrons. The highest BCUT2D eigenvalue weighted by Crippen LogP contribution is 2.15. The van der Waals surface area contributed by atoms with Crippen LogP contribution in [0.15, 0.2) is 48.5 Å². The van der Waals surface area contributed by atoms with Crippen LogP contribution in [0.3, 0.4) is 0 Å². The highest BCUT2D eigenvalue weighted by atomic mass is 16.5. The van der Waals surface area contributed by atoms with Crippen LogP contribution in [0.1, 0.15) is 47.2 Å². The van der Waals surface area contributed by atoms with Crippen molar-refractivity contribution in [2.45, 2.75) is 40.0 Å².